The summed E-state index contributed by atoms with van der Waals surface area (Å²) in [6.07, 6.45) is 0. The van der Waals surface area contributed by atoms with Crippen LogP contribution in [0.2, 0.25) is 0 Å². The highest BCUT2D eigenvalue weighted by molar-refractivity contribution is 7.22. The van der Waals surface area contributed by atoms with Crippen molar-refractivity contribution in [3.05, 3.63) is 146 Å². The van der Waals surface area contributed by atoms with Gasteiger partial charge in [0.1, 0.15) is 4.83 Å². The van der Waals surface area contributed by atoms with Crippen molar-refractivity contribution < 1.29 is 0 Å². The van der Waals surface area contributed by atoms with Crippen molar-refractivity contribution in [2.45, 2.75) is 0 Å². The molecule has 0 saturated carbocycles. The van der Waals surface area contributed by atoms with E-state index in [2.05, 4.69) is 142 Å². The highest BCUT2D eigenvalue weighted by Gasteiger charge is 2.21. The van der Waals surface area contributed by atoms with Crippen LogP contribution in [0.1, 0.15) is 0 Å². The standard InChI is InChI=1S/C42H24N4S/c1-2-11-25(12-3-1)39-31-15-4-7-18-34(31)43-42(44-39)45-35-19-8-6-14-28(35)32-23-26(21-22-37(32)45)38-24-33-30-17-10-16-29-27-13-5-9-20-36(27)46(40(29)30)41(33)47-38/h1-24H. The van der Waals surface area contributed by atoms with Crippen LogP contribution in [-0.2, 0) is 0 Å². The Hall–Kier alpha value is -6.04. The summed E-state index contributed by atoms with van der Waals surface area (Å²) < 4.78 is 4.69. The van der Waals surface area contributed by atoms with Gasteiger partial charge >= 0.3 is 0 Å². The van der Waals surface area contributed by atoms with Crippen molar-refractivity contribution >= 4 is 81.5 Å². The van der Waals surface area contributed by atoms with Gasteiger partial charge in [-0.05, 0) is 42.0 Å². The number of rotatable bonds is 3. The zero-order valence-corrected chi connectivity index (χ0v) is 25.9. The fourth-order valence-electron chi connectivity index (χ4n) is 7.65. The van der Waals surface area contributed by atoms with E-state index >= 15 is 0 Å². The summed E-state index contributed by atoms with van der Waals surface area (Å²) >= 11 is 1.87. The van der Waals surface area contributed by atoms with Gasteiger partial charge in [-0.15, -0.1) is 11.3 Å². The Bertz CT molecular complexity index is 3020. The van der Waals surface area contributed by atoms with E-state index in [-0.39, 0.29) is 0 Å². The lowest BCUT2D eigenvalue weighted by Crippen LogP contribution is -2.03. The minimum atomic E-state index is 0.678. The summed E-state index contributed by atoms with van der Waals surface area (Å²) in [6.45, 7) is 0. The van der Waals surface area contributed by atoms with E-state index < -0.39 is 0 Å². The van der Waals surface area contributed by atoms with E-state index in [4.69, 9.17) is 9.97 Å². The summed E-state index contributed by atoms with van der Waals surface area (Å²) in [5, 5.41) is 8.70. The van der Waals surface area contributed by atoms with Crippen molar-refractivity contribution in [1.29, 1.82) is 0 Å². The second kappa shape index (κ2) is 9.25. The zero-order valence-electron chi connectivity index (χ0n) is 25.1. The van der Waals surface area contributed by atoms with Crippen LogP contribution in [0.15, 0.2) is 146 Å². The van der Waals surface area contributed by atoms with Crippen LogP contribution in [0.5, 0.6) is 0 Å². The maximum absolute atomic E-state index is 5.24. The molecule has 0 fully saturated rings. The molecule has 0 amide bonds. The Labute approximate surface area is 272 Å². The summed E-state index contributed by atoms with van der Waals surface area (Å²) in [6, 6.07) is 52.0. The maximum Gasteiger partial charge on any atom is 0.235 e. The fourth-order valence-corrected chi connectivity index (χ4v) is 8.84. The first-order valence-electron chi connectivity index (χ1n) is 15.8. The maximum atomic E-state index is 5.24. The summed E-state index contributed by atoms with van der Waals surface area (Å²) in [5.41, 5.74) is 8.95. The number of fused-ring (bicyclic) bond motifs is 10. The molecule has 0 aliphatic carbocycles. The third-order valence-corrected chi connectivity index (χ3v) is 10.9. The van der Waals surface area contributed by atoms with E-state index in [1.54, 1.807) is 0 Å². The Morgan fingerprint density at radius 3 is 1.96 bits per heavy atom. The van der Waals surface area contributed by atoms with Crippen molar-refractivity contribution in [3.8, 4) is 27.6 Å². The van der Waals surface area contributed by atoms with Crippen LogP contribution in [0, 0.1) is 0 Å². The minimum Gasteiger partial charge on any atom is -0.299 e. The number of hydrogen-bond acceptors (Lipinski definition) is 3. The summed E-state index contributed by atoms with van der Waals surface area (Å²) in [7, 11) is 0. The van der Waals surface area contributed by atoms with Gasteiger partial charge in [0.25, 0.3) is 0 Å². The second-order valence-electron chi connectivity index (χ2n) is 12.2. The second-order valence-corrected chi connectivity index (χ2v) is 13.3. The lowest BCUT2D eigenvalue weighted by molar-refractivity contribution is 1.01. The van der Waals surface area contributed by atoms with Gasteiger partial charge in [-0.1, -0.05) is 109 Å². The molecule has 5 aromatic heterocycles. The summed E-state index contributed by atoms with van der Waals surface area (Å²) in [5.74, 6) is 0.678. The quantitative estimate of drug-likeness (QED) is 0.198. The molecule has 0 bridgehead atoms. The Balaban J connectivity index is 1.15. The molecule has 5 heteroatoms. The van der Waals surface area contributed by atoms with E-state index in [0.717, 1.165) is 33.2 Å². The number of aromatic nitrogens is 4. The predicted octanol–water partition coefficient (Wildman–Crippen LogP) is 11.3. The lowest BCUT2D eigenvalue weighted by atomic mass is 10.1. The van der Waals surface area contributed by atoms with Crippen LogP contribution in [-0.4, -0.2) is 18.9 Å². The Morgan fingerprint density at radius 2 is 1.11 bits per heavy atom. The van der Waals surface area contributed by atoms with Crippen molar-refractivity contribution in [2.75, 3.05) is 0 Å². The number of hydrogen-bond donors (Lipinski definition) is 0. The van der Waals surface area contributed by atoms with Gasteiger partial charge in [0.15, 0.2) is 0 Å². The largest absolute Gasteiger partial charge is 0.299 e. The molecule has 4 nitrogen and oxygen atoms in total. The van der Waals surface area contributed by atoms with Crippen LogP contribution in [0.4, 0.5) is 0 Å². The van der Waals surface area contributed by atoms with Gasteiger partial charge in [0.05, 0.1) is 33.3 Å². The van der Waals surface area contributed by atoms with Crippen LogP contribution in [0.3, 0.4) is 0 Å². The average Bonchev–Trinajstić information content (AvgIpc) is 3.88. The molecule has 47 heavy (non-hydrogen) atoms. The third kappa shape index (κ3) is 3.41. The van der Waals surface area contributed by atoms with Crippen LogP contribution in [0.25, 0.3) is 97.8 Å². The molecule has 0 aliphatic heterocycles. The molecule has 11 rings (SSSR count). The molecule has 5 heterocycles. The van der Waals surface area contributed by atoms with Gasteiger partial charge in [-0.2, -0.15) is 0 Å². The smallest absolute Gasteiger partial charge is 0.235 e. The highest BCUT2D eigenvalue weighted by atomic mass is 32.1. The van der Waals surface area contributed by atoms with Crippen LogP contribution < -0.4 is 0 Å². The molecular weight excluding hydrogens is 593 g/mol. The van der Waals surface area contributed by atoms with E-state index in [0.29, 0.717) is 5.95 Å². The molecule has 0 unspecified atom stereocenters. The monoisotopic (exact) mass is 616 g/mol. The highest BCUT2D eigenvalue weighted by Crippen LogP contribution is 2.45. The molecule has 0 aliphatic rings. The first-order valence-corrected chi connectivity index (χ1v) is 16.7. The number of thiophene rings is 1. The fraction of sp³-hybridized carbons (Fsp3) is 0. The number of nitrogens with zero attached hydrogens (tertiary/aromatic N) is 4. The molecule has 0 atom stereocenters. The van der Waals surface area contributed by atoms with E-state index in [1.165, 1.54) is 58.6 Å². The van der Waals surface area contributed by atoms with Crippen molar-refractivity contribution in [1.82, 2.24) is 18.9 Å². The molecule has 218 valence electrons. The molecule has 0 saturated heterocycles. The lowest BCUT2D eigenvalue weighted by Gasteiger charge is -2.11. The first-order chi connectivity index (χ1) is 23.3. The molecule has 0 spiro atoms. The van der Waals surface area contributed by atoms with E-state index in [1.807, 2.05) is 23.5 Å². The zero-order chi connectivity index (χ0) is 30.6. The predicted molar refractivity (Wildman–Crippen MR) is 197 cm³/mol. The van der Waals surface area contributed by atoms with Crippen LogP contribution >= 0.6 is 11.3 Å². The Morgan fingerprint density at radius 1 is 0.447 bits per heavy atom. The van der Waals surface area contributed by atoms with Gasteiger partial charge in [-0.3, -0.25) is 8.97 Å². The molecule has 11 aromatic rings. The van der Waals surface area contributed by atoms with Crippen molar-refractivity contribution in [3.63, 3.8) is 0 Å². The summed E-state index contributed by atoms with van der Waals surface area (Å²) in [4.78, 5) is 12.9. The molecule has 0 radical (unpaired) electrons. The molecular formula is C42H24N4S. The number of para-hydroxylation sites is 4. The Kier molecular flexibility index (Phi) is 4.96. The molecule has 0 N–H and O–H groups in total. The van der Waals surface area contributed by atoms with Crippen molar-refractivity contribution in [2.24, 2.45) is 0 Å². The van der Waals surface area contributed by atoms with Gasteiger partial charge in [-0.25, -0.2) is 9.97 Å². The van der Waals surface area contributed by atoms with E-state index in [9.17, 15) is 0 Å². The minimum absolute atomic E-state index is 0.678. The SMILES string of the molecule is c1ccc(-c2nc(-n3c4ccccc4c4cc(-c5cc6c7cccc8c9ccccc9n(c6s5)c87)ccc43)nc3ccccc23)cc1. The van der Waals surface area contributed by atoms with Gasteiger partial charge in [0, 0.05) is 48.1 Å². The molecule has 6 aromatic carbocycles. The normalized spacial score (nSPS) is 12.3. The third-order valence-electron chi connectivity index (χ3n) is 9.70. The number of benzene rings is 6. The average molecular weight is 617 g/mol. The topological polar surface area (TPSA) is 35.1 Å². The van der Waals surface area contributed by atoms with Gasteiger partial charge in [0.2, 0.25) is 5.95 Å². The van der Waals surface area contributed by atoms with Gasteiger partial charge < -0.3 is 0 Å². The first kappa shape index (κ1) is 25.2.